The van der Waals surface area contributed by atoms with E-state index in [-0.39, 0.29) is 16.0 Å². The van der Waals surface area contributed by atoms with Gasteiger partial charge < -0.3 is 15.4 Å². The van der Waals surface area contributed by atoms with E-state index in [1.54, 1.807) is 30.5 Å². The van der Waals surface area contributed by atoms with Crippen LogP contribution in [0.5, 0.6) is 0 Å². The van der Waals surface area contributed by atoms with Crippen molar-refractivity contribution < 1.29 is 19.1 Å². The second kappa shape index (κ2) is 5.06. The monoisotopic (exact) mass is 343 g/mol. The van der Waals surface area contributed by atoms with E-state index in [9.17, 15) is 25.4 Å². The Morgan fingerprint density at radius 2 is 1.96 bits per heavy atom. The van der Waals surface area contributed by atoms with Crippen LogP contribution in [-0.2, 0) is 0 Å². The Labute approximate surface area is 137 Å². The molecule has 4 rings (SSSR count). The number of allylic oxidation sites excluding steroid dienone is 2. The van der Waals surface area contributed by atoms with Crippen molar-refractivity contribution in [3.05, 3.63) is 84.6 Å². The van der Waals surface area contributed by atoms with Gasteiger partial charge in [0.05, 0.1) is 11.0 Å². The lowest BCUT2D eigenvalue weighted by Gasteiger charge is -2.14. The van der Waals surface area contributed by atoms with Crippen molar-refractivity contribution in [2.75, 3.05) is 0 Å². The van der Waals surface area contributed by atoms with Crippen molar-refractivity contribution in [2.45, 2.75) is 5.92 Å². The maximum atomic E-state index is 12.1. The number of fused-ring (bicyclic) bond motifs is 2. The lowest BCUT2D eigenvalue weighted by molar-refractivity contribution is -0.720. The zero-order valence-electron chi connectivity index (χ0n) is 12.3. The van der Waals surface area contributed by atoms with Crippen LogP contribution in [-0.4, -0.2) is 25.7 Å². The van der Waals surface area contributed by atoms with Gasteiger partial charge in [-0.05, 0) is 16.5 Å². The van der Waals surface area contributed by atoms with Crippen LogP contribution in [0.1, 0.15) is 22.9 Å². The summed E-state index contributed by atoms with van der Waals surface area (Å²) < 4.78 is 4.64. The largest absolute Gasteiger partial charge is 0.612 e. The zero-order chi connectivity index (χ0) is 17.7. The number of nitro groups is 1. The normalized spacial score (nSPS) is 16.6. The number of hydrogen-bond acceptors (Lipinski definition) is 6. The lowest BCUT2D eigenvalue weighted by atomic mass is 9.86. The highest BCUT2D eigenvalue weighted by molar-refractivity contribution is 6.06. The number of aromatic amines is 2. The van der Waals surface area contributed by atoms with Crippen LogP contribution in [0.4, 0.5) is 0 Å². The van der Waals surface area contributed by atoms with E-state index in [2.05, 4.69) is 14.8 Å². The van der Waals surface area contributed by atoms with Crippen molar-refractivity contribution in [2.24, 2.45) is 0 Å². The van der Waals surface area contributed by atoms with E-state index in [0.29, 0.717) is 10.9 Å². The molecule has 2 heterocycles. The Morgan fingerprint density at radius 3 is 2.68 bits per heavy atom. The molecular formula is C14H9N5O6. The third-order valence-corrected chi connectivity index (χ3v) is 4.13. The predicted octanol–water partition coefficient (Wildman–Crippen LogP) is 1.11. The quantitative estimate of drug-likeness (QED) is 0.402. The summed E-state index contributed by atoms with van der Waals surface area (Å²) in [5.74, 6) is -1.13. The molecule has 0 fully saturated rings. The number of rotatable bonds is 2. The van der Waals surface area contributed by atoms with Crippen LogP contribution in [0, 0.1) is 25.4 Å². The summed E-state index contributed by atoms with van der Waals surface area (Å²) in [6, 6.07) is 7.06. The van der Waals surface area contributed by atoms with Crippen LogP contribution in [0.2, 0.25) is 0 Å². The van der Waals surface area contributed by atoms with Crippen molar-refractivity contribution in [3.63, 3.8) is 0 Å². The van der Waals surface area contributed by atoms with Gasteiger partial charge in [0.15, 0.2) is 10.5 Å². The summed E-state index contributed by atoms with van der Waals surface area (Å²) in [4.78, 5) is 25.1. The number of aromatic nitrogens is 3. The third-order valence-electron chi connectivity index (χ3n) is 4.13. The van der Waals surface area contributed by atoms with Crippen LogP contribution in [0.3, 0.4) is 0 Å². The molecule has 0 spiro atoms. The Balaban J connectivity index is 2.08. The molecule has 1 aliphatic carbocycles. The fraction of sp³-hybridized carbons (Fsp3) is 0.0714. The maximum Gasteiger partial charge on any atom is 0.289 e. The predicted molar refractivity (Wildman–Crippen MR) is 82.7 cm³/mol. The van der Waals surface area contributed by atoms with Crippen LogP contribution >= 0.6 is 0 Å². The highest BCUT2D eigenvalue weighted by atomic mass is 16.8. The van der Waals surface area contributed by atoms with Gasteiger partial charge in [-0.15, -0.1) is 0 Å². The summed E-state index contributed by atoms with van der Waals surface area (Å²) in [7, 11) is 0. The fourth-order valence-corrected chi connectivity index (χ4v) is 3.09. The number of para-hydroxylation sites is 1. The van der Waals surface area contributed by atoms with Gasteiger partial charge in [-0.2, -0.15) is 4.90 Å². The van der Waals surface area contributed by atoms with Crippen LogP contribution in [0.15, 0.2) is 46.9 Å². The van der Waals surface area contributed by atoms with Crippen molar-refractivity contribution in [3.8, 4) is 0 Å². The first-order valence-corrected chi connectivity index (χ1v) is 7.07. The molecule has 3 aromatic rings. The molecule has 1 atom stereocenters. The first kappa shape index (κ1) is 14.7. The number of H-pyrrole nitrogens is 2. The van der Waals surface area contributed by atoms with Crippen molar-refractivity contribution in [1.82, 2.24) is 10.1 Å². The molecule has 0 aliphatic heterocycles. The van der Waals surface area contributed by atoms with Gasteiger partial charge in [-0.1, -0.05) is 28.0 Å². The van der Waals surface area contributed by atoms with Crippen molar-refractivity contribution >= 4 is 16.6 Å². The molecule has 2 N–H and O–H groups in total. The van der Waals surface area contributed by atoms with E-state index >= 15 is 0 Å². The smallest absolute Gasteiger partial charge is 0.289 e. The van der Waals surface area contributed by atoms with Gasteiger partial charge in [0.2, 0.25) is 0 Å². The Bertz CT molecular complexity index is 1130. The Kier molecular flexibility index (Phi) is 2.97. The van der Waals surface area contributed by atoms with E-state index in [0.717, 1.165) is 11.6 Å². The second-order valence-corrected chi connectivity index (χ2v) is 5.40. The van der Waals surface area contributed by atoms with Gasteiger partial charge >= 0.3 is 0 Å². The van der Waals surface area contributed by atoms with Crippen LogP contribution in [0.25, 0.3) is 10.9 Å². The molecule has 0 saturated carbocycles. The van der Waals surface area contributed by atoms with E-state index < -0.39 is 27.2 Å². The minimum atomic E-state index is -1.13. The molecule has 126 valence electrons. The molecule has 1 aromatic carbocycles. The van der Waals surface area contributed by atoms with Gasteiger partial charge in [-0.25, -0.2) is 0 Å². The zero-order valence-corrected chi connectivity index (χ0v) is 12.3. The summed E-state index contributed by atoms with van der Waals surface area (Å²) in [5.41, 5.74) is -0.344. The summed E-state index contributed by atoms with van der Waals surface area (Å²) >= 11 is 0. The molecular weight excluding hydrogens is 334 g/mol. The fourth-order valence-electron chi connectivity index (χ4n) is 3.09. The van der Waals surface area contributed by atoms with E-state index in [1.165, 1.54) is 0 Å². The minimum absolute atomic E-state index is 0.0295. The standard InChI is InChI=1S/C14H9N5O6/c20-17(21)10-5-11(18(22)23)13-14(19(24)25-16-13)12(10)8-6-15-9-4-2-1-3-7(8)9/h1-6,12,15-16H. The Morgan fingerprint density at radius 1 is 1.20 bits per heavy atom. The number of nitrogens with one attached hydrogen (secondary N) is 2. The molecule has 25 heavy (non-hydrogen) atoms. The third kappa shape index (κ3) is 2.02. The van der Waals surface area contributed by atoms with Gasteiger partial charge in [0.25, 0.3) is 22.8 Å². The molecule has 1 unspecified atom stereocenters. The number of nitrogens with zero attached hydrogens (tertiary/aromatic N) is 3. The highest BCUT2D eigenvalue weighted by Gasteiger charge is 2.48. The summed E-state index contributed by atoms with van der Waals surface area (Å²) in [6.07, 6.45) is 2.39. The van der Waals surface area contributed by atoms with Crippen molar-refractivity contribution in [1.29, 1.82) is 0 Å². The van der Waals surface area contributed by atoms with E-state index in [1.807, 2.05) is 0 Å². The van der Waals surface area contributed by atoms with Gasteiger partial charge in [-0.3, -0.25) is 10.1 Å². The SMILES string of the molecule is O=[N+]([O-])C1=CC(=[N+]([O-])[O-])c2[nH]o[n+](=O)c2C1c1c[nH]c2ccccc12. The maximum absolute atomic E-state index is 12.1. The highest BCUT2D eigenvalue weighted by Crippen LogP contribution is 2.38. The molecule has 1 aliphatic rings. The molecule has 0 bridgehead atoms. The first-order valence-electron chi connectivity index (χ1n) is 7.07. The number of benzene rings is 1. The number of hydrogen-bond donors (Lipinski definition) is 2. The molecule has 11 heteroatoms. The first-order chi connectivity index (χ1) is 12.0. The van der Waals surface area contributed by atoms with Gasteiger partial charge in [0, 0.05) is 17.1 Å². The molecule has 11 nitrogen and oxygen atoms in total. The average molecular weight is 343 g/mol. The Hall–Kier alpha value is -3.89. The molecule has 0 amide bonds. The molecule has 0 saturated heterocycles. The topological polar surface area (TPSA) is 160 Å². The summed E-state index contributed by atoms with van der Waals surface area (Å²) in [6.45, 7) is 0. The van der Waals surface area contributed by atoms with Gasteiger partial charge in [0.1, 0.15) is 0 Å². The molecule has 2 aromatic heterocycles. The minimum Gasteiger partial charge on any atom is -0.612 e. The van der Waals surface area contributed by atoms with E-state index in [4.69, 9.17) is 0 Å². The summed E-state index contributed by atoms with van der Waals surface area (Å²) in [5, 5.41) is 36.8. The van der Waals surface area contributed by atoms with Crippen LogP contribution < -0.4 is 4.60 Å². The lowest BCUT2D eigenvalue weighted by Crippen LogP contribution is -2.30. The average Bonchev–Trinajstić information content (AvgIpc) is 3.17. The molecule has 0 radical (unpaired) electrons. The second-order valence-electron chi connectivity index (χ2n) is 5.40.